The maximum absolute atomic E-state index is 10.1. The highest BCUT2D eigenvalue weighted by atomic mass is 16.5. The maximum Gasteiger partial charge on any atom is 0.302 e. The zero-order valence-electron chi connectivity index (χ0n) is 5.10. The second-order valence-corrected chi connectivity index (χ2v) is 1.62. The van der Waals surface area contributed by atoms with E-state index in [9.17, 15) is 4.79 Å². The molecule has 0 amide bonds. The largest absolute Gasteiger partial charge is 0.461 e. The fourth-order valence-corrected chi connectivity index (χ4v) is 0.325. The van der Waals surface area contributed by atoms with Crippen LogP contribution >= 0.6 is 0 Å². The normalized spacial score (nSPS) is 12.9. The molecule has 1 atom stereocenters. The van der Waals surface area contributed by atoms with E-state index in [1.165, 1.54) is 6.92 Å². The van der Waals surface area contributed by atoms with Gasteiger partial charge in [0.2, 0.25) is 0 Å². The summed E-state index contributed by atoms with van der Waals surface area (Å²) in [4.78, 5) is 10.1. The predicted octanol–water partition coefficient (Wildman–Crippen LogP) is 0.221. The molecule has 0 aliphatic rings. The molecule has 0 aromatic carbocycles. The lowest BCUT2D eigenvalue weighted by Crippen LogP contribution is -2.16. The first-order chi connectivity index (χ1) is 3.66. The Morgan fingerprint density at radius 1 is 1.88 bits per heavy atom. The smallest absolute Gasteiger partial charge is 0.302 e. The van der Waals surface area contributed by atoms with Crippen molar-refractivity contribution >= 4 is 5.97 Å². The van der Waals surface area contributed by atoms with E-state index in [0.717, 1.165) is 0 Å². The number of hydrogen-bond donors (Lipinski definition) is 0. The van der Waals surface area contributed by atoms with Crippen LogP contribution < -0.4 is 5.73 Å². The molecule has 0 aliphatic carbocycles. The summed E-state index contributed by atoms with van der Waals surface area (Å²) in [6.07, 6.45) is -0.257. The molecule has 3 heteroatoms. The van der Waals surface area contributed by atoms with Crippen molar-refractivity contribution in [1.82, 2.24) is 5.73 Å². The van der Waals surface area contributed by atoms with E-state index < -0.39 is 0 Å². The highest BCUT2D eigenvalue weighted by Crippen LogP contribution is 1.86. The minimum Gasteiger partial charge on any atom is -0.461 e. The fraction of sp³-hybridized carbons (Fsp3) is 0.800. The molecule has 0 bridgehead atoms. The minimum atomic E-state index is -0.315. The summed E-state index contributed by atoms with van der Waals surface area (Å²) in [6, 6.07) is 0. The van der Waals surface area contributed by atoms with Gasteiger partial charge in [-0.3, -0.25) is 10.5 Å². The van der Waals surface area contributed by atoms with Gasteiger partial charge in [-0.2, -0.15) is 0 Å². The average molecular weight is 116 g/mol. The van der Waals surface area contributed by atoms with Crippen LogP contribution in [-0.2, 0) is 9.53 Å². The molecule has 0 aromatic heterocycles. The number of nitrogens with one attached hydrogen (secondary N) is 1. The van der Waals surface area contributed by atoms with E-state index in [-0.39, 0.29) is 18.6 Å². The summed E-state index contributed by atoms with van der Waals surface area (Å²) in [6.45, 7) is 3.17. The first-order valence-electron chi connectivity index (χ1n) is 2.48. The number of carbonyl (C=O) groups is 1. The highest BCUT2D eigenvalue weighted by molar-refractivity contribution is 5.66. The van der Waals surface area contributed by atoms with E-state index >= 15 is 0 Å². The molecular formula is C5H10NO2. The van der Waals surface area contributed by atoms with Crippen LogP contribution in [0.3, 0.4) is 0 Å². The first kappa shape index (κ1) is 7.43. The molecule has 1 unspecified atom stereocenters. The quantitative estimate of drug-likeness (QED) is 0.484. The van der Waals surface area contributed by atoms with Gasteiger partial charge in [-0.1, -0.05) is 0 Å². The zero-order valence-corrected chi connectivity index (χ0v) is 5.10. The van der Waals surface area contributed by atoms with Crippen LogP contribution in [-0.4, -0.2) is 18.6 Å². The summed E-state index contributed by atoms with van der Waals surface area (Å²) in [5, 5.41) is 0. The van der Waals surface area contributed by atoms with Crippen LogP contribution in [0.1, 0.15) is 13.8 Å². The molecule has 1 N–H and O–H groups in total. The topological polar surface area (TPSA) is 50.1 Å². The van der Waals surface area contributed by atoms with Crippen molar-refractivity contribution in [3.05, 3.63) is 0 Å². The van der Waals surface area contributed by atoms with Crippen molar-refractivity contribution in [2.75, 3.05) is 6.54 Å². The highest BCUT2D eigenvalue weighted by Gasteiger charge is 1.99. The monoisotopic (exact) mass is 116 g/mol. The number of esters is 1. The van der Waals surface area contributed by atoms with Gasteiger partial charge in [0.1, 0.15) is 6.10 Å². The first-order valence-corrected chi connectivity index (χ1v) is 2.48. The van der Waals surface area contributed by atoms with Crippen LogP contribution in [0.5, 0.6) is 0 Å². The fourth-order valence-electron chi connectivity index (χ4n) is 0.325. The van der Waals surface area contributed by atoms with E-state index in [1.54, 1.807) is 6.92 Å². The molecule has 0 aliphatic heterocycles. The van der Waals surface area contributed by atoms with Gasteiger partial charge in [0.15, 0.2) is 0 Å². The summed E-state index contributed by atoms with van der Waals surface area (Å²) < 4.78 is 4.57. The van der Waals surface area contributed by atoms with Gasteiger partial charge < -0.3 is 4.74 Å². The standard InChI is InChI=1S/C5H10NO2/c1-4(3-6)8-5(2)7/h4,6H,3H2,1-2H3. The predicted molar refractivity (Wildman–Crippen MR) is 29.2 cm³/mol. The lowest BCUT2D eigenvalue weighted by atomic mass is 10.4. The van der Waals surface area contributed by atoms with E-state index in [2.05, 4.69) is 4.74 Å². The molecule has 0 rings (SSSR count). The molecule has 0 saturated carbocycles. The van der Waals surface area contributed by atoms with Gasteiger partial charge >= 0.3 is 5.97 Å². The molecule has 0 heterocycles. The van der Waals surface area contributed by atoms with Crippen LogP contribution in [0.25, 0.3) is 0 Å². The van der Waals surface area contributed by atoms with Crippen LogP contribution in [0.4, 0.5) is 0 Å². The number of carbonyl (C=O) groups excluding carboxylic acids is 1. The number of ether oxygens (including phenoxy) is 1. The summed E-state index contributed by atoms with van der Waals surface area (Å²) in [5.74, 6) is -0.315. The zero-order chi connectivity index (χ0) is 6.57. The molecule has 3 nitrogen and oxygen atoms in total. The maximum atomic E-state index is 10.1. The van der Waals surface area contributed by atoms with Gasteiger partial charge in [-0.25, -0.2) is 0 Å². The molecule has 47 valence electrons. The Hall–Kier alpha value is -0.570. The van der Waals surface area contributed by atoms with Crippen molar-refractivity contribution in [3.63, 3.8) is 0 Å². The van der Waals surface area contributed by atoms with Crippen LogP contribution in [0.2, 0.25) is 0 Å². The van der Waals surface area contributed by atoms with Gasteiger partial charge in [-0.15, -0.1) is 0 Å². The minimum absolute atomic E-state index is 0.138. The molecule has 0 aromatic rings. The Balaban J connectivity index is 3.24. The number of hydrogen-bond acceptors (Lipinski definition) is 2. The molecule has 8 heavy (non-hydrogen) atoms. The van der Waals surface area contributed by atoms with Gasteiger partial charge in [-0.05, 0) is 6.92 Å². The van der Waals surface area contributed by atoms with Crippen molar-refractivity contribution in [3.8, 4) is 0 Å². The Bertz CT molecular complexity index is 82.5. The van der Waals surface area contributed by atoms with Gasteiger partial charge in [0.05, 0.1) is 0 Å². The molecular weight excluding hydrogens is 106 g/mol. The second-order valence-electron chi connectivity index (χ2n) is 1.62. The average Bonchev–Trinajstić information content (AvgIpc) is 1.65. The third-order valence-electron chi connectivity index (χ3n) is 0.655. The molecule has 0 spiro atoms. The lowest BCUT2D eigenvalue weighted by Gasteiger charge is -2.05. The third-order valence-corrected chi connectivity index (χ3v) is 0.655. The van der Waals surface area contributed by atoms with Gasteiger partial charge in [0.25, 0.3) is 0 Å². The van der Waals surface area contributed by atoms with E-state index in [1.807, 2.05) is 0 Å². The van der Waals surface area contributed by atoms with Gasteiger partial charge in [0, 0.05) is 13.5 Å². The Morgan fingerprint density at radius 2 is 2.38 bits per heavy atom. The lowest BCUT2D eigenvalue weighted by molar-refractivity contribution is -0.145. The Morgan fingerprint density at radius 3 is 2.50 bits per heavy atom. The molecule has 0 fully saturated rings. The molecule has 0 saturated heterocycles. The van der Waals surface area contributed by atoms with Crippen molar-refractivity contribution in [2.45, 2.75) is 20.0 Å². The van der Waals surface area contributed by atoms with E-state index in [4.69, 9.17) is 5.73 Å². The second kappa shape index (κ2) is 3.43. The van der Waals surface area contributed by atoms with Crippen molar-refractivity contribution < 1.29 is 9.53 Å². The SMILES string of the molecule is CC(=O)OC(C)C[NH]. The van der Waals surface area contributed by atoms with Crippen LogP contribution in [0.15, 0.2) is 0 Å². The number of rotatable bonds is 2. The summed E-state index contributed by atoms with van der Waals surface area (Å²) in [7, 11) is 0. The van der Waals surface area contributed by atoms with Crippen molar-refractivity contribution in [2.24, 2.45) is 0 Å². The van der Waals surface area contributed by atoms with Crippen LogP contribution in [0, 0.1) is 0 Å². The Kier molecular flexibility index (Phi) is 3.19. The van der Waals surface area contributed by atoms with Crippen molar-refractivity contribution in [1.29, 1.82) is 0 Å². The summed E-state index contributed by atoms with van der Waals surface area (Å²) >= 11 is 0. The summed E-state index contributed by atoms with van der Waals surface area (Å²) in [5.41, 5.74) is 6.72. The Labute approximate surface area is 48.8 Å². The molecule has 1 radical (unpaired) electrons. The third kappa shape index (κ3) is 3.61. The van der Waals surface area contributed by atoms with E-state index in [0.29, 0.717) is 0 Å².